The fraction of sp³-hybridized carbons (Fsp3) is 0.143. The zero-order valence-electron chi connectivity index (χ0n) is 9.29. The van der Waals surface area contributed by atoms with Gasteiger partial charge in [0.05, 0.1) is 5.38 Å². The molecule has 0 saturated carbocycles. The van der Waals surface area contributed by atoms with E-state index < -0.39 is 17.4 Å². The van der Waals surface area contributed by atoms with Crippen molar-refractivity contribution < 1.29 is 8.78 Å². The molecule has 18 heavy (non-hydrogen) atoms. The molecule has 0 radical (unpaired) electrons. The minimum absolute atomic E-state index is 0.131. The van der Waals surface area contributed by atoms with Crippen LogP contribution in [0.25, 0.3) is 0 Å². The molecule has 0 fully saturated rings. The maximum absolute atomic E-state index is 14.3. The predicted molar refractivity (Wildman–Crippen MR) is 70.3 cm³/mol. The molecule has 94 valence electrons. The molecule has 0 aliphatic carbocycles. The summed E-state index contributed by atoms with van der Waals surface area (Å²) >= 11 is 11.9. The van der Waals surface area contributed by atoms with Gasteiger partial charge >= 0.3 is 0 Å². The van der Waals surface area contributed by atoms with Gasteiger partial charge in [-0.05, 0) is 12.1 Å². The molecule has 0 heterocycles. The molecule has 2 aromatic rings. The third kappa shape index (κ3) is 2.65. The lowest BCUT2D eigenvalue weighted by Gasteiger charge is -2.17. The summed E-state index contributed by atoms with van der Waals surface area (Å²) in [6.45, 7) is 0. The number of benzene rings is 2. The quantitative estimate of drug-likeness (QED) is 0.657. The van der Waals surface area contributed by atoms with Crippen LogP contribution < -0.4 is 0 Å². The normalized spacial score (nSPS) is 14.2. The van der Waals surface area contributed by atoms with Crippen molar-refractivity contribution in [1.82, 2.24) is 0 Å². The first-order valence-corrected chi connectivity index (χ1v) is 6.19. The van der Waals surface area contributed by atoms with Gasteiger partial charge in [0, 0.05) is 16.1 Å². The Morgan fingerprint density at radius 1 is 0.889 bits per heavy atom. The van der Waals surface area contributed by atoms with E-state index >= 15 is 0 Å². The summed E-state index contributed by atoms with van der Waals surface area (Å²) in [4.78, 5) is 0. The summed E-state index contributed by atoms with van der Waals surface area (Å²) in [5.74, 6) is -0.521. The van der Waals surface area contributed by atoms with Gasteiger partial charge < -0.3 is 0 Å². The van der Waals surface area contributed by atoms with E-state index in [-0.39, 0.29) is 16.1 Å². The summed E-state index contributed by atoms with van der Waals surface area (Å²) in [5.41, 5.74) is 0.397. The van der Waals surface area contributed by atoms with Crippen LogP contribution in [0.5, 0.6) is 0 Å². The Bertz CT molecular complexity index is 493. The highest BCUT2D eigenvalue weighted by molar-refractivity contribution is 6.31. The van der Waals surface area contributed by atoms with Crippen LogP contribution in [0.2, 0.25) is 5.02 Å². The van der Waals surface area contributed by atoms with E-state index in [1.165, 1.54) is 18.2 Å². The molecule has 0 saturated heterocycles. The third-order valence-corrected chi connectivity index (χ3v) is 3.46. The van der Waals surface area contributed by atoms with Gasteiger partial charge in [-0.2, -0.15) is 0 Å². The second kappa shape index (κ2) is 5.68. The minimum Gasteiger partial charge on any atom is -0.240 e. The van der Waals surface area contributed by atoms with Crippen molar-refractivity contribution in [2.75, 3.05) is 0 Å². The standard InChI is InChI=1S/C14H10Cl2F2/c15-11-7-3-1-5-9(11)14(18)13(16)10-6-2-4-8-12(10)17/h1-8,13-14H. The zero-order valence-corrected chi connectivity index (χ0v) is 10.8. The summed E-state index contributed by atoms with van der Waals surface area (Å²) in [7, 11) is 0. The van der Waals surface area contributed by atoms with Crippen LogP contribution in [-0.2, 0) is 0 Å². The lowest BCUT2D eigenvalue weighted by atomic mass is 10.0. The van der Waals surface area contributed by atoms with E-state index in [2.05, 4.69) is 0 Å². The highest BCUT2D eigenvalue weighted by Crippen LogP contribution is 2.40. The van der Waals surface area contributed by atoms with Crippen molar-refractivity contribution in [3.05, 3.63) is 70.5 Å². The number of halogens is 4. The maximum Gasteiger partial charge on any atom is 0.147 e. The molecule has 2 atom stereocenters. The molecule has 0 aliphatic rings. The number of hydrogen-bond acceptors (Lipinski definition) is 0. The van der Waals surface area contributed by atoms with E-state index in [0.717, 1.165) is 0 Å². The van der Waals surface area contributed by atoms with Gasteiger partial charge in [-0.15, -0.1) is 11.6 Å². The van der Waals surface area contributed by atoms with E-state index in [4.69, 9.17) is 23.2 Å². The van der Waals surface area contributed by atoms with Crippen molar-refractivity contribution in [3.8, 4) is 0 Å². The molecular formula is C14H10Cl2F2. The Hall–Kier alpha value is -1.12. The summed E-state index contributed by atoms with van der Waals surface area (Å²) in [6.07, 6.45) is -1.56. The molecule has 2 rings (SSSR count). The zero-order chi connectivity index (χ0) is 13.1. The second-order valence-corrected chi connectivity index (χ2v) is 4.72. The largest absolute Gasteiger partial charge is 0.240 e. The van der Waals surface area contributed by atoms with Crippen molar-refractivity contribution in [2.45, 2.75) is 11.5 Å². The molecule has 0 aromatic heterocycles. The number of hydrogen-bond donors (Lipinski definition) is 0. The topological polar surface area (TPSA) is 0 Å². The van der Waals surface area contributed by atoms with E-state index in [9.17, 15) is 8.78 Å². The predicted octanol–water partition coefficient (Wildman–Crippen LogP) is 5.47. The fourth-order valence-electron chi connectivity index (χ4n) is 1.71. The van der Waals surface area contributed by atoms with Gasteiger partial charge in [0.1, 0.15) is 12.0 Å². The van der Waals surface area contributed by atoms with Gasteiger partial charge in [0.15, 0.2) is 0 Å². The molecule has 4 heteroatoms. The van der Waals surface area contributed by atoms with Gasteiger partial charge in [-0.1, -0.05) is 48.0 Å². The number of alkyl halides is 2. The smallest absolute Gasteiger partial charge is 0.147 e. The van der Waals surface area contributed by atoms with Crippen molar-refractivity contribution in [1.29, 1.82) is 0 Å². The van der Waals surface area contributed by atoms with Gasteiger partial charge in [0.25, 0.3) is 0 Å². The van der Waals surface area contributed by atoms with Crippen LogP contribution in [0.3, 0.4) is 0 Å². The van der Waals surface area contributed by atoms with Crippen LogP contribution in [0.1, 0.15) is 22.7 Å². The highest BCUT2D eigenvalue weighted by atomic mass is 35.5. The molecule has 0 nitrogen and oxygen atoms in total. The SMILES string of the molecule is Fc1ccccc1C(Cl)C(F)c1ccccc1Cl. The second-order valence-electron chi connectivity index (χ2n) is 3.85. The molecule has 0 spiro atoms. The van der Waals surface area contributed by atoms with Crippen molar-refractivity contribution in [3.63, 3.8) is 0 Å². The molecule has 0 amide bonds. The Labute approximate surface area is 114 Å². The fourth-order valence-corrected chi connectivity index (χ4v) is 2.27. The van der Waals surface area contributed by atoms with Crippen LogP contribution in [0, 0.1) is 5.82 Å². The average molecular weight is 287 g/mol. The highest BCUT2D eigenvalue weighted by Gasteiger charge is 2.26. The minimum atomic E-state index is -1.56. The molecule has 2 aromatic carbocycles. The molecular weight excluding hydrogens is 277 g/mol. The van der Waals surface area contributed by atoms with Gasteiger partial charge in [0.2, 0.25) is 0 Å². The lowest BCUT2D eigenvalue weighted by Crippen LogP contribution is -2.04. The van der Waals surface area contributed by atoms with Gasteiger partial charge in [-0.25, -0.2) is 8.78 Å². The molecule has 2 unspecified atom stereocenters. The first-order chi connectivity index (χ1) is 8.61. The first kappa shape index (κ1) is 13.3. The average Bonchev–Trinajstić information content (AvgIpc) is 2.38. The number of rotatable bonds is 3. The van der Waals surface area contributed by atoms with Crippen LogP contribution in [-0.4, -0.2) is 0 Å². The van der Waals surface area contributed by atoms with E-state index in [1.54, 1.807) is 30.3 Å². The Morgan fingerprint density at radius 3 is 2.06 bits per heavy atom. The summed E-state index contributed by atoms with van der Waals surface area (Å²) < 4.78 is 27.8. The van der Waals surface area contributed by atoms with E-state index in [1.807, 2.05) is 0 Å². The third-order valence-electron chi connectivity index (χ3n) is 2.66. The van der Waals surface area contributed by atoms with E-state index in [0.29, 0.717) is 0 Å². The van der Waals surface area contributed by atoms with Crippen LogP contribution in [0.4, 0.5) is 8.78 Å². The van der Waals surface area contributed by atoms with Gasteiger partial charge in [-0.3, -0.25) is 0 Å². The Balaban J connectivity index is 2.33. The molecule has 0 N–H and O–H groups in total. The summed E-state index contributed by atoms with van der Waals surface area (Å²) in [6, 6.07) is 12.4. The van der Waals surface area contributed by atoms with Crippen LogP contribution in [0.15, 0.2) is 48.5 Å². The van der Waals surface area contributed by atoms with Crippen LogP contribution >= 0.6 is 23.2 Å². The monoisotopic (exact) mass is 286 g/mol. The lowest BCUT2D eigenvalue weighted by molar-refractivity contribution is 0.329. The van der Waals surface area contributed by atoms with Crippen molar-refractivity contribution >= 4 is 23.2 Å². The molecule has 0 bridgehead atoms. The maximum atomic E-state index is 14.3. The molecule has 0 aliphatic heterocycles. The Kier molecular flexibility index (Phi) is 4.20. The Morgan fingerprint density at radius 2 is 1.44 bits per heavy atom. The first-order valence-electron chi connectivity index (χ1n) is 5.38. The van der Waals surface area contributed by atoms with Crippen molar-refractivity contribution in [2.24, 2.45) is 0 Å². The summed E-state index contributed by atoms with van der Waals surface area (Å²) in [5, 5.41) is -0.821.